The zero-order chi connectivity index (χ0) is 22.0. The third-order valence-corrected chi connectivity index (χ3v) is 6.55. The molecule has 0 amide bonds. The number of benzene rings is 5. The average Bonchev–Trinajstić information content (AvgIpc) is 3.05. The predicted molar refractivity (Wildman–Crippen MR) is 142 cm³/mol. The summed E-state index contributed by atoms with van der Waals surface area (Å²) in [7, 11) is 0. The minimum atomic E-state index is 0.949. The fraction of sp³-hybridized carbons (Fsp3) is 0.0303. The SMILES string of the molecule is C1=C(/C=C\c2ccc(-c3cccc4ccccc34)cc2)c2ccccc2-c2ccccc2C1. The molecule has 0 saturated carbocycles. The molecule has 0 bridgehead atoms. The zero-order valence-electron chi connectivity index (χ0n) is 18.4. The number of rotatable bonds is 3. The third-order valence-electron chi connectivity index (χ3n) is 6.55. The maximum Gasteiger partial charge on any atom is -0.00821 e. The highest BCUT2D eigenvalue weighted by molar-refractivity contribution is 5.97. The van der Waals surface area contributed by atoms with E-state index < -0.39 is 0 Å². The molecule has 0 spiro atoms. The molecule has 0 fully saturated rings. The largest absolute Gasteiger partial charge is 0.0722 e. The van der Waals surface area contributed by atoms with E-state index in [0.717, 1.165) is 6.42 Å². The second-order valence-electron chi connectivity index (χ2n) is 8.55. The number of allylic oxidation sites excluding steroid dienone is 3. The Labute approximate surface area is 195 Å². The van der Waals surface area contributed by atoms with Crippen LogP contribution in [0.5, 0.6) is 0 Å². The Kier molecular flexibility index (Phi) is 4.97. The van der Waals surface area contributed by atoms with Gasteiger partial charge in [0.1, 0.15) is 0 Å². The molecule has 1 aliphatic rings. The topological polar surface area (TPSA) is 0 Å². The minimum absolute atomic E-state index is 0.949. The molecule has 156 valence electrons. The van der Waals surface area contributed by atoms with Crippen molar-refractivity contribution < 1.29 is 0 Å². The smallest absolute Gasteiger partial charge is 0.00821 e. The molecule has 0 N–H and O–H groups in total. The summed E-state index contributed by atoms with van der Waals surface area (Å²) in [4.78, 5) is 0. The molecule has 0 heterocycles. The Hall–Kier alpha value is -4.16. The van der Waals surface area contributed by atoms with E-state index in [1.807, 2.05) is 0 Å². The Morgan fingerprint density at radius 3 is 2.03 bits per heavy atom. The lowest BCUT2D eigenvalue weighted by molar-refractivity contribution is 1.29. The van der Waals surface area contributed by atoms with Gasteiger partial charge in [0.05, 0.1) is 0 Å². The lowest BCUT2D eigenvalue weighted by atomic mass is 9.94. The van der Waals surface area contributed by atoms with Gasteiger partial charge in [-0.3, -0.25) is 0 Å². The molecule has 0 nitrogen and oxygen atoms in total. The van der Waals surface area contributed by atoms with Crippen molar-refractivity contribution in [1.82, 2.24) is 0 Å². The van der Waals surface area contributed by atoms with Gasteiger partial charge in [-0.25, -0.2) is 0 Å². The quantitative estimate of drug-likeness (QED) is 0.273. The second kappa shape index (κ2) is 8.41. The summed E-state index contributed by atoms with van der Waals surface area (Å²) in [5, 5.41) is 2.57. The summed E-state index contributed by atoms with van der Waals surface area (Å²) in [5.41, 5.74) is 10.3. The summed E-state index contributed by atoms with van der Waals surface area (Å²) in [6.07, 6.45) is 7.79. The molecule has 0 unspecified atom stereocenters. The van der Waals surface area contributed by atoms with Crippen molar-refractivity contribution in [2.75, 3.05) is 0 Å². The van der Waals surface area contributed by atoms with Gasteiger partial charge in [0.25, 0.3) is 0 Å². The molecule has 0 radical (unpaired) electrons. The van der Waals surface area contributed by atoms with Crippen LogP contribution < -0.4 is 0 Å². The second-order valence-corrected chi connectivity index (χ2v) is 8.55. The van der Waals surface area contributed by atoms with Crippen molar-refractivity contribution in [1.29, 1.82) is 0 Å². The molecular formula is C33H24. The molecule has 0 saturated heterocycles. The van der Waals surface area contributed by atoms with Crippen LogP contribution in [0.3, 0.4) is 0 Å². The van der Waals surface area contributed by atoms with E-state index in [2.05, 4.69) is 133 Å². The highest BCUT2D eigenvalue weighted by atomic mass is 14.2. The monoisotopic (exact) mass is 420 g/mol. The fourth-order valence-corrected chi connectivity index (χ4v) is 4.86. The molecular weight excluding hydrogens is 396 g/mol. The van der Waals surface area contributed by atoms with Crippen LogP contribution in [-0.4, -0.2) is 0 Å². The van der Waals surface area contributed by atoms with Gasteiger partial charge in [0.2, 0.25) is 0 Å². The van der Waals surface area contributed by atoms with E-state index in [-0.39, 0.29) is 0 Å². The van der Waals surface area contributed by atoms with Gasteiger partial charge in [0.15, 0.2) is 0 Å². The van der Waals surface area contributed by atoms with E-state index in [9.17, 15) is 0 Å². The Balaban J connectivity index is 1.32. The molecule has 0 atom stereocenters. The lowest BCUT2D eigenvalue weighted by Gasteiger charge is -2.10. The molecule has 0 aromatic heterocycles. The Morgan fingerprint density at radius 1 is 0.485 bits per heavy atom. The van der Waals surface area contributed by atoms with Crippen LogP contribution in [0.25, 0.3) is 44.7 Å². The highest BCUT2D eigenvalue weighted by Gasteiger charge is 2.14. The molecule has 5 aromatic carbocycles. The maximum absolute atomic E-state index is 2.35. The van der Waals surface area contributed by atoms with Crippen LogP contribution in [0.4, 0.5) is 0 Å². The first-order valence-electron chi connectivity index (χ1n) is 11.5. The number of hydrogen-bond acceptors (Lipinski definition) is 0. The van der Waals surface area contributed by atoms with Gasteiger partial charge >= 0.3 is 0 Å². The molecule has 0 aliphatic heterocycles. The van der Waals surface area contributed by atoms with Crippen molar-refractivity contribution in [3.05, 3.63) is 144 Å². The highest BCUT2D eigenvalue weighted by Crippen LogP contribution is 2.36. The van der Waals surface area contributed by atoms with Gasteiger partial charge in [0, 0.05) is 0 Å². The van der Waals surface area contributed by atoms with Gasteiger partial charge in [-0.2, -0.15) is 0 Å². The maximum atomic E-state index is 2.35. The first-order chi connectivity index (χ1) is 16.4. The van der Waals surface area contributed by atoms with Crippen LogP contribution in [0.2, 0.25) is 0 Å². The number of fused-ring (bicyclic) bond motifs is 4. The molecule has 1 aliphatic carbocycles. The van der Waals surface area contributed by atoms with Crippen LogP contribution >= 0.6 is 0 Å². The minimum Gasteiger partial charge on any atom is -0.0722 e. The van der Waals surface area contributed by atoms with Crippen LogP contribution in [0, 0.1) is 0 Å². The summed E-state index contributed by atoms with van der Waals surface area (Å²) in [6, 6.07) is 41.5. The Morgan fingerprint density at radius 2 is 1.15 bits per heavy atom. The first kappa shape index (κ1) is 19.5. The predicted octanol–water partition coefficient (Wildman–Crippen LogP) is 8.83. The van der Waals surface area contributed by atoms with Gasteiger partial charge in [-0.15, -0.1) is 0 Å². The van der Waals surface area contributed by atoms with E-state index in [0.29, 0.717) is 0 Å². The van der Waals surface area contributed by atoms with E-state index in [1.165, 1.54) is 55.3 Å². The van der Waals surface area contributed by atoms with Crippen molar-refractivity contribution >= 4 is 22.4 Å². The summed E-state index contributed by atoms with van der Waals surface area (Å²) >= 11 is 0. The summed E-state index contributed by atoms with van der Waals surface area (Å²) in [6.45, 7) is 0. The van der Waals surface area contributed by atoms with Crippen LogP contribution in [0.15, 0.2) is 127 Å². The third kappa shape index (κ3) is 3.70. The van der Waals surface area contributed by atoms with Gasteiger partial charge < -0.3 is 0 Å². The fourth-order valence-electron chi connectivity index (χ4n) is 4.86. The van der Waals surface area contributed by atoms with E-state index in [4.69, 9.17) is 0 Å². The van der Waals surface area contributed by atoms with Gasteiger partial charge in [-0.1, -0.05) is 133 Å². The zero-order valence-corrected chi connectivity index (χ0v) is 18.4. The van der Waals surface area contributed by atoms with Crippen molar-refractivity contribution in [2.24, 2.45) is 0 Å². The summed E-state index contributed by atoms with van der Waals surface area (Å²) in [5.74, 6) is 0. The molecule has 33 heavy (non-hydrogen) atoms. The first-order valence-corrected chi connectivity index (χ1v) is 11.5. The number of hydrogen-bond donors (Lipinski definition) is 0. The van der Waals surface area contributed by atoms with E-state index >= 15 is 0 Å². The molecule has 5 aromatic rings. The van der Waals surface area contributed by atoms with Crippen molar-refractivity contribution in [3.63, 3.8) is 0 Å². The van der Waals surface area contributed by atoms with Gasteiger partial charge in [-0.05, 0) is 61.7 Å². The standard InChI is InChI=1S/C33H24/c1-3-11-29-25(8-1)10-7-15-30(29)27-19-16-24(17-20-27)18-21-28-23-22-26-9-2-4-12-31(26)33-14-6-5-13-32(28)33/h1-21,23H,22H2/b21-18-. The normalized spacial score (nSPS) is 12.8. The van der Waals surface area contributed by atoms with Crippen LogP contribution in [0.1, 0.15) is 16.7 Å². The van der Waals surface area contributed by atoms with Crippen molar-refractivity contribution in [2.45, 2.75) is 6.42 Å². The van der Waals surface area contributed by atoms with E-state index in [1.54, 1.807) is 0 Å². The molecule has 6 rings (SSSR count). The average molecular weight is 421 g/mol. The summed E-state index contributed by atoms with van der Waals surface area (Å²) < 4.78 is 0. The molecule has 0 heteroatoms. The Bertz CT molecular complexity index is 1510. The lowest BCUT2D eigenvalue weighted by Crippen LogP contribution is -1.87. The van der Waals surface area contributed by atoms with Crippen LogP contribution in [-0.2, 0) is 6.42 Å². The van der Waals surface area contributed by atoms with Crippen molar-refractivity contribution in [3.8, 4) is 22.3 Å².